The molecule has 1 aromatic rings. The molecule has 1 saturated heterocycles. The largest absolute Gasteiger partial charge is 0.379 e. The van der Waals surface area contributed by atoms with Gasteiger partial charge in [0.05, 0.1) is 23.9 Å². The van der Waals surface area contributed by atoms with Gasteiger partial charge in [-0.1, -0.05) is 46.5 Å². The zero-order valence-corrected chi connectivity index (χ0v) is 25.4. The van der Waals surface area contributed by atoms with Gasteiger partial charge in [-0.2, -0.15) is 0 Å². The summed E-state index contributed by atoms with van der Waals surface area (Å²) in [4.78, 5) is 56.6. The van der Waals surface area contributed by atoms with Crippen LogP contribution in [-0.4, -0.2) is 90.1 Å². The number of carbonyl (C=O) groups is 4. The SMILES string of the molecule is COCc1ccc(C(=O)N2CCC(N(C)C(=O)[C@@H](NC(=O)[C@H](CC3CCCC3)CN(O)C=O)C(C)(C)C)CC2)s1. The van der Waals surface area contributed by atoms with Crippen molar-refractivity contribution in [1.29, 1.82) is 0 Å². The van der Waals surface area contributed by atoms with Crippen LogP contribution in [0.5, 0.6) is 0 Å². The lowest BCUT2D eigenvalue weighted by atomic mass is 9.84. The number of hydrogen-bond acceptors (Lipinski definition) is 7. The molecule has 1 saturated carbocycles. The van der Waals surface area contributed by atoms with Crippen LogP contribution in [0, 0.1) is 17.3 Å². The Hall–Kier alpha value is -2.50. The fourth-order valence-electron chi connectivity index (χ4n) is 5.80. The van der Waals surface area contributed by atoms with Crippen LogP contribution in [-0.2, 0) is 25.7 Å². The van der Waals surface area contributed by atoms with E-state index < -0.39 is 17.4 Å². The standard InChI is InChI=1S/C29H46N4O6S/c1-29(2,3)25(30-26(35)21(17-33(38)19-34)16-20-8-6-7-9-20)28(37)31(4)22-12-14-32(15-13-22)27(36)24-11-10-23(40-24)18-39-5/h10-11,19-22,25,38H,6-9,12-18H2,1-5H3,(H,30,35)/t21-,25-/m1/s1. The third-order valence-electron chi connectivity index (χ3n) is 8.20. The van der Waals surface area contributed by atoms with E-state index in [0.717, 1.165) is 30.6 Å². The summed E-state index contributed by atoms with van der Waals surface area (Å²) < 4.78 is 5.16. The quantitative estimate of drug-likeness (QED) is 0.223. The van der Waals surface area contributed by atoms with Crippen LogP contribution >= 0.6 is 11.3 Å². The predicted octanol–water partition coefficient (Wildman–Crippen LogP) is 3.53. The first kappa shape index (κ1) is 32.0. The van der Waals surface area contributed by atoms with E-state index in [0.29, 0.717) is 61.2 Å². The second-order valence-electron chi connectivity index (χ2n) is 12.3. The highest BCUT2D eigenvalue weighted by Gasteiger charge is 2.39. The van der Waals surface area contributed by atoms with Crippen molar-refractivity contribution in [3.63, 3.8) is 0 Å². The number of likely N-dealkylation sites (tertiary alicyclic amines) is 1. The minimum absolute atomic E-state index is 0.00108. The summed E-state index contributed by atoms with van der Waals surface area (Å²) in [6.07, 6.45) is 6.48. The number of ether oxygens (including phenoxy) is 1. The van der Waals surface area contributed by atoms with Gasteiger partial charge in [0.1, 0.15) is 6.04 Å². The number of nitrogens with zero attached hydrogens (tertiary/aromatic N) is 3. The maximum Gasteiger partial charge on any atom is 0.263 e. The Balaban J connectivity index is 1.63. The second kappa shape index (κ2) is 14.4. The third kappa shape index (κ3) is 8.50. The smallest absolute Gasteiger partial charge is 0.263 e. The van der Waals surface area contributed by atoms with Gasteiger partial charge in [-0.3, -0.25) is 24.4 Å². The lowest BCUT2D eigenvalue weighted by Crippen LogP contribution is -2.58. The Morgan fingerprint density at radius 3 is 2.40 bits per heavy atom. The molecule has 1 aliphatic heterocycles. The van der Waals surface area contributed by atoms with Gasteiger partial charge in [0.15, 0.2) is 0 Å². The first-order chi connectivity index (χ1) is 18.9. The summed E-state index contributed by atoms with van der Waals surface area (Å²) in [5.41, 5.74) is -0.557. The number of piperidine rings is 1. The van der Waals surface area contributed by atoms with Crippen LogP contribution in [0.15, 0.2) is 12.1 Å². The fraction of sp³-hybridized carbons (Fsp3) is 0.724. The molecule has 0 aromatic carbocycles. The van der Waals surface area contributed by atoms with E-state index in [1.165, 1.54) is 11.3 Å². The number of likely N-dealkylation sites (N-methyl/N-ethyl adjacent to an activating group) is 1. The predicted molar refractivity (Wildman–Crippen MR) is 153 cm³/mol. The average molecular weight is 579 g/mol. The molecule has 224 valence electrons. The summed E-state index contributed by atoms with van der Waals surface area (Å²) in [5.74, 6) is -0.725. The van der Waals surface area contributed by atoms with Crippen molar-refractivity contribution in [1.82, 2.24) is 20.2 Å². The van der Waals surface area contributed by atoms with Gasteiger partial charge in [0.2, 0.25) is 18.2 Å². The first-order valence-corrected chi connectivity index (χ1v) is 15.1. The molecule has 2 fully saturated rings. The van der Waals surface area contributed by atoms with Gasteiger partial charge in [-0.05, 0) is 42.7 Å². The summed E-state index contributed by atoms with van der Waals surface area (Å²) in [6.45, 7) is 7.23. The number of rotatable bonds is 12. The average Bonchev–Trinajstić information content (AvgIpc) is 3.62. The van der Waals surface area contributed by atoms with E-state index >= 15 is 0 Å². The molecule has 40 heavy (non-hydrogen) atoms. The molecule has 2 aliphatic rings. The zero-order valence-electron chi connectivity index (χ0n) is 24.6. The van der Waals surface area contributed by atoms with Crippen LogP contribution in [0.4, 0.5) is 0 Å². The molecule has 4 amide bonds. The van der Waals surface area contributed by atoms with Crippen LogP contribution in [0.3, 0.4) is 0 Å². The van der Waals surface area contributed by atoms with E-state index in [-0.39, 0.29) is 30.3 Å². The summed E-state index contributed by atoms with van der Waals surface area (Å²) in [6, 6.07) is 2.93. The highest BCUT2D eigenvalue weighted by atomic mass is 32.1. The van der Waals surface area contributed by atoms with Gasteiger partial charge < -0.3 is 19.9 Å². The van der Waals surface area contributed by atoms with Crippen molar-refractivity contribution >= 4 is 35.5 Å². The lowest BCUT2D eigenvalue weighted by Gasteiger charge is -2.40. The molecule has 11 heteroatoms. The highest BCUT2D eigenvalue weighted by molar-refractivity contribution is 7.14. The fourth-order valence-corrected chi connectivity index (χ4v) is 6.75. The second-order valence-corrected chi connectivity index (χ2v) is 13.5. The Morgan fingerprint density at radius 1 is 1.18 bits per heavy atom. The number of hydrogen-bond donors (Lipinski definition) is 2. The van der Waals surface area contributed by atoms with E-state index in [9.17, 15) is 24.4 Å². The molecular formula is C29H46N4O6S. The third-order valence-corrected chi connectivity index (χ3v) is 9.24. The Kier molecular flexibility index (Phi) is 11.5. The maximum absolute atomic E-state index is 13.8. The molecule has 1 aromatic heterocycles. The van der Waals surface area contributed by atoms with Gasteiger partial charge in [-0.15, -0.1) is 11.3 Å². The highest BCUT2D eigenvalue weighted by Crippen LogP contribution is 2.31. The molecule has 2 heterocycles. The molecule has 0 unspecified atom stereocenters. The number of hydroxylamine groups is 2. The minimum atomic E-state index is -0.774. The number of methoxy groups -OCH3 is 1. The first-order valence-electron chi connectivity index (χ1n) is 14.3. The minimum Gasteiger partial charge on any atom is -0.379 e. The lowest BCUT2D eigenvalue weighted by molar-refractivity contribution is -0.156. The van der Waals surface area contributed by atoms with Crippen LogP contribution < -0.4 is 5.32 Å². The molecule has 10 nitrogen and oxygen atoms in total. The zero-order chi connectivity index (χ0) is 29.4. The van der Waals surface area contributed by atoms with Gasteiger partial charge in [0.25, 0.3) is 5.91 Å². The normalized spacial score (nSPS) is 18.3. The van der Waals surface area contributed by atoms with Crippen molar-refractivity contribution in [3.05, 3.63) is 21.9 Å². The van der Waals surface area contributed by atoms with Gasteiger partial charge in [-0.25, -0.2) is 5.06 Å². The van der Waals surface area contributed by atoms with Crippen LogP contribution in [0.1, 0.15) is 80.3 Å². The summed E-state index contributed by atoms with van der Waals surface area (Å²) in [5, 5.41) is 13.3. The summed E-state index contributed by atoms with van der Waals surface area (Å²) in [7, 11) is 3.40. The molecule has 0 radical (unpaired) electrons. The van der Waals surface area contributed by atoms with E-state index in [2.05, 4.69) is 5.32 Å². The van der Waals surface area contributed by atoms with E-state index in [4.69, 9.17) is 4.74 Å². The van der Waals surface area contributed by atoms with Gasteiger partial charge in [0, 0.05) is 38.2 Å². The monoisotopic (exact) mass is 578 g/mol. The number of amides is 4. The van der Waals surface area contributed by atoms with Crippen molar-refractivity contribution in [3.8, 4) is 0 Å². The van der Waals surface area contributed by atoms with E-state index in [1.807, 2.05) is 37.8 Å². The Morgan fingerprint density at radius 2 is 1.82 bits per heavy atom. The van der Waals surface area contributed by atoms with Crippen molar-refractivity contribution in [2.45, 2.75) is 84.4 Å². The van der Waals surface area contributed by atoms with Crippen LogP contribution in [0.2, 0.25) is 0 Å². The number of thiophene rings is 1. The summed E-state index contributed by atoms with van der Waals surface area (Å²) >= 11 is 1.44. The molecule has 0 spiro atoms. The molecule has 0 bridgehead atoms. The van der Waals surface area contributed by atoms with Crippen LogP contribution in [0.25, 0.3) is 0 Å². The van der Waals surface area contributed by atoms with Crippen molar-refractivity contribution in [2.24, 2.45) is 17.3 Å². The number of carbonyl (C=O) groups excluding carboxylic acids is 4. The van der Waals surface area contributed by atoms with Crippen molar-refractivity contribution < 1.29 is 29.1 Å². The molecule has 1 aliphatic carbocycles. The molecular weight excluding hydrogens is 532 g/mol. The molecule has 2 N–H and O–H groups in total. The Bertz CT molecular complexity index is 1010. The Labute approximate surface area is 242 Å². The number of nitrogens with one attached hydrogen (secondary N) is 1. The van der Waals surface area contributed by atoms with Crippen molar-refractivity contribution in [2.75, 3.05) is 33.8 Å². The topological polar surface area (TPSA) is 119 Å². The molecule has 2 atom stereocenters. The maximum atomic E-state index is 13.8. The van der Waals surface area contributed by atoms with Gasteiger partial charge >= 0.3 is 0 Å². The molecule has 3 rings (SSSR count). The van der Waals surface area contributed by atoms with E-state index in [1.54, 1.807) is 19.1 Å².